The zero-order valence-electron chi connectivity index (χ0n) is 17.4. The van der Waals surface area contributed by atoms with Crippen LogP contribution in [0.15, 0.2) is 65.6 Å². The van der Waals surface area contributed by atoms with Crippen LogP contribution in [-0.2, 0) is 13.1 Å². The highest BCUT2D eigenvalue weighted by Gasteiger charge is 2.15. The highest BCUT2D eigenvalue weighted by Crippen LogP contribution is 2.32. The van der Waals surface area contributed by atoms with Gasteiger partial charge in [0.1, 0.15) is 11.2 Å². The molecular weight excluding hydrogens is 408 g/mol. The number of aryl methyl sites for hydroxylation is 1. The number of amides is 1. The second kappa shape index (κ2) is 8.14. The molecule has 0 saturated heterocycles. The van der Waals surface area contributed by atoms with Gasteiger partial charge < -0.3 is 14.8 Å². The highest BCUT2D eigenvalue weighted by atomic mass is 16.7. The van der Waals surface area contributed by atoms with Gasteiger partial charge in [-0.05, 0) is 48.9 Å². The van der Waals surface area contributed by atoms with E-state index in [2.05, 4.69) is 15.3 Å². The van der Waals surface area contributed by atoms with Crippen molar-refractivity contribution in [1.82, 2.24) is 19.9 Å². The van der Waals surface area contributed by atoms with Gasteiger partial charge in [-0.25, -0.2) is 9.97 Å². The second-order valence-electron chi connectivity index (χ2n) is 7.30. The Labute approximate surface area is 183 Å². The van der Waals surface area contributed by atoms with Crippen LogP contribution in [-0.4, -0.2) is 27.2 Å². The molecule has 4 aromatic rings. The molecule has 160 valence electrons. The van der Waals surface area contributed by atoms with Gasteiger partial charge in [-0.2, -0.15) is 0 Å². The Balaban J connectivity index is 1.35. The molecule has 0 saturated carbocycles. The Morgan fingerprint density at radius 2 is 1.91 bits per heavy atom. The Morgan fingerprint density at radius 3 is 2.72 bits per heavy atom. The van der Waals surface area contributed by atoms with E-state index in [1.54, 1.807) is 41.1 Å². The highest BCUT2D eigenvalue weighted by molar-refractivity contribution is 5.94. The lowest BCUT2D eigenvalue weighted by Gasteiger charge is -2.10. The van der Waals surface area contributed by atoms with Crippen molar-refractivity contribution in [3.8, 4) is 22.8 Å². The van der Waals surface area contributed by atoms with Crippen LogP contribution in [0.25, 0.3) is 22.4 Å². The van der Waals surface area contributed by atoms with Gasteiger partial charge in [-0.3, -0.25) is 14.2 Å². The minimum absolute atomic E-state index is 0.210. The van der Waals surface area contributed by atoms with E-state index in [9.17, 15) is 9.59 Å². The quantitative estimate of drug-likeness (QED) is 0.525. The van der Waals surface area contributed by atoms with Crippen LogP contribution < -0.4 is 20.3 Å². The Morgan fingerprint density at radius 1 is 1.09 bits per heavy atom. The molecule has 0 unspecified atom stereocenters. The maximum atomic E-state index is 12.9. The third-order valence-corrected chi connectivity index (χ3v) is 5.33. The van der Waals surface area contributed by atoms with E-state index >= 15 is 0 Å². The SMILES string of the molecule is CCn1c(=O)c(-c2ccc(C(=O)NCc3ccc4c(c3)OCO4)cc2)nc2cccnc21. The van der Waals surface area contributed by atoms with Gasteiger partial charge in [0.05, 0.1) is 0 Å². The average Bonchev–Trinajstić information content (AvgIpc) is 3.30. The van der Waals surface area contributed by atoms with E-state index in [-0.39, 0.29) is 18.3 Å². The molecule has 0 bridgehead atoms. The van der Waals surface area contributed by atoms with Gasteiger partial charge in [-0.1, -0.05) is 18.2 Å². The van der Waals surface area contributed by atoms with E-state index in [1.165, 1.54) is 0 Å². The molecule has 0 radical (unpaired) electrons. The van der Waals surface area contributed by atoms with E-state index in [4.69, 9.17) is 9.47 Å². The Bertz CT molecular complexity index is 1380. The smallest absolute Gasteiger partial charge is 0.278 e. The average molecular weight is 428 g/mol. The number of nitrogens with zero attached hydrogens (tertiary/aromatic N) is 3. The fourth-order valence-electron chi connectivity index (χ4n) is 3.67. The minimum atomic E-state index is -0.212. The van der Waals surface area contributed by atoms with Gasteiger partial charge in [0, 0.05) is 30.4 Å². The molecule has 8 heteroatoms. The summed E-state index contributed by atoms with van der Waals surface area (Å²) in [6, 6.07) is 16.0. The Kier molecular flexibility index (Phi) is 5.03. The van der Waals surface area contributed by atoms with Crippen LogP contribution in [0.1, 0.15) is 22.8 Å². The number of ether oxygens (including phenoxy) is 2. The summed E-state index contributed by atoms with van der Waals surface area (Å²) in [5.74, 6) is 1.17. The number of hydrogen-bond donors (Lipinski definition) is 1. The van der Waals surface area contributed by atoms with Crippen molar-refractivity contribution in [2.24, 2.45) is 0 Å². The molecule has 2 aromatic carbocycles. The lowest BCUT2D eigenvalue weighted by atomic mass is 10.1. The molecule has 1 amide bonds. The first-order valence-electron chi connectivity index (χ1n) is 10.3. The molecule has 3 heterocycles. The van der Waals surface area contributed by atoms with E-state index < -0.39 is 0 Å². The first-order valence-corrected chi connectivity index (χ1v) is 10.3. The fourth-order valence-corrected chi connectivity index (χ4v) is 3.67. The van der Waals surface area contributed by atoms with E-state index in [0.29, 0.717) is 52.6 Å². The molecule has 5 rings (SSSR count). The van der Waals surface area contributed by atoms with Crippen LogP contribution in [0.2, 0.25) is 0 Å². The third-order valence-electron chi connectivity index (χ3n) is 5.33. The van der Waals surface area contributed by atoms with Gasteiger partial charge in [0.15, 0.2) is 17.1 Å². The molecule has 8 nitrogen and oxygen atoms in total. The maximum absolute atomic E-state index is 12.9. The van der Waals surface area contributed by atoms with Crippen molar-refractivity contribution in [1.29, 1.82) is 0 Å². The van der Waals surface area contributed by atoms with Gasteiger partial charge in [0.2, 0.25) is 6.79 Å². The van der Waals surface area contributed by atoms with Gasteiger partial charge in [0.25, 0.3) is 11.5 Å². The standard InChI is InChI=1S/C24H20N4O4/c1-2-28-22-18(4-3-11-25-22)27-21(24(28)30)16-6-8-17(9-7-16)23(29)26-13-15-5-10-19-20(12-15)32-14-31-19/h3-12H,2,13-14H2,1H3,(H,26,29). The van der Waals surface area contributed by atoms with Crippen LogP contribution in [0.3, 0.4) is 0 Å². The molecule has 1 aliphatic rings. The number of carbonyl (C=O) groups is 1. The normalized spacial score (nSPS) is 12.2. The summed E-state index contributed by atoms with van der Waals surface area (Å²) in [6.07, 6.45) is 1.65. The Hall–Kier alpha value is -4.20. The lowest BCUT2D eigenvalue weighted by molar-refractivity contribution is 0.0951. The number of carbonyl (C=O) groups excluding carboxylic acids is 1. The summed E-state index contributed by atoms with van der Waals surface area (Å²) in [7, 11) is 0. The fraction of sp³-hybridized carbons (Fsp3) is 0.167. The number of nitrogens with one attached hydrogen (secondary N) is 1. The molecule has 0 atom stereocenters. The van der Waals surface area contributed by atoms with E-state index in [0.717, 1.165) is 5.56 Å². The molecule has 0 fully saturated rings. The molecule has 0 aliphatic carbocycles. The van der Waals surface area contributed by atoms with Crippen LogP contribution in [0.5, 0.6) is 11.5 Å². The first-order chi connectivity index (χ1) is 15.6. The van der Waals surface area contributed by atoms with Crippen molar-refractivity contribution in [3.05, 3.63) is 82.3 Å². The first kappa shape index (κ1) is 19.7. The number of pyridine rings is 1. The van der Waals surface area contributed by atoms with Crippen molar-refractivity contribution in [2.75, 3.05) is 6.79 Å². The predicted molar refractivity (Wildman–Crippen MR) is 119 cm³/mol. The topological polar surface area (TPSA) is 95.3 Å². The van der Waals surface area contributed by atoms with Crippen molar-refractivity contribution in [2.45, 2.75) is 20.0 Å². The van der Waals surface area contributed by atoms with Crippen molar-refractivity contribution >= 4 is 17.1 Å². The third kappa shape index (κ3) is 3.56. The van der Waals surface area contributed by atoms with Gasteiger partial charge in [-0.15, -0.1) is 0 Å². The monoisotopic (exact) mass is 428 g/mol. The molecular formula is C24H20N4O4. The molecule has 32 heavy (non-hydrogen) atoms. The lowest BCUT2D eigenvalue weighted by Crippen LogP contribution is -2.24. The summed E-state index contributed by atoms with van der Waals surface area (Å²) in [5, 5.41) is 2.89. The van der Waals surface area contributed by atoms with Crippen LogP contribution in [0, 0.1) is 0 Å². The number of fused-ring (bicyclic) bond motifs is 2. The predicted octanol–water partition coefficient (Wildman–Crippen LogP) is 3.14. The van der Waals surface area contributed by atoms with Crippen molar-refractivity contribution in [3.63, 3.8) is 0 Å². The van der Waals surface area contributed by atoms with E-state index in [1.807, 2.05) is 31.2 Å². The van der Waals surface area contributed by atoms with Crippen LogP contribution >= 0.6 is 0 Å². The summed E-state index contributed by atoms with van der Waals surface area (Å²) < 4.78 is 12.3. The van der Waals surface area contributed by atoms with Crippen molar-refractivity contribution < 1.29 is 14.3 Å². The summed E-state index contributed by atoms with van der Waals surface area (Å²) >= 11 is 0. The number of hydrogen-bond acceptors (Lipinski definition) is 6. The number of benzene rings is 2. The largest absolute Gasteiger partial charge is 0.454 e. The molecule has 1 aliphatic heterocycles. The number of aromatic nitrogens is 3. The summed E-state index contributed by atoms with van der Waals surface area (Å²) in [5.41, 5.74) is 3.38. The second-order valence-corrected chi connectivity index (χ2v) is 7.30. The van der Waals surface area contributed by atoms with Crippen LogP contribution in [0.4, 0.5) is 0 Å². The minimum Gasteiger partial charge on any atom is -0.454 e. The molecule has 0 spiro atoms. The zero-order valence-corrected chi connectivity index (χ0v) is 17.4. The summed E-state index contributed by atoms with van der Waals surface area (Å²) in [6.45, 7) is 2.95. The molecule has 2 aromatic heterocycles. The molecule has 1 N–H and O–H groups in total. The zero-order chi connectivity index (χ0) is 22.1. The number of rotatable bonds is 5. The maximum Gasteiger partial charge on any atom is 0.278 e. The summed E-state index contributed by atoms with van der Waals surface area (Å²) in [4.78, 5) is 34.3. The van der Waals surface area contributed by atoms with Gasteiger partial charge >= 0.3 is 0 Å².